The molecule has 1 aliphatic heterocycles. The predicted octanol–water partition coefficient (Wildman–Crippen LogP) is 7.54. The molecule has 156 valence electrons. The fraction of sp³-hybridized carbons (Fsp3) is 0.130. The number of hydrazone groups is 1. The molecule has 31 heavy (non-hydrogen) atoms. The minimum atomic E-state index is 0.00502. The van der Waals surface area contributed by atoms with Crippen molar-refractivity contribution in [2.45, 2.75) is 12.5 Å². The summed E-state index contributed by atoms with van der Waals surface area (Å²) in [4.78, 5) is 4.88. The van der Waals surface area contributed by atoms with Crippen molar-refractivity contribution in [1.82, 2.24) is 4.98 Å². The second kappa shape index (κ2) is 8.63. The van der Waals surface area contributed by atoms with Gasteiger partial charge in [0.25, 0.3) is 0 Å². The molecule has 0 fully saturated rings. The molecule has 3 heterocycles. The molecule has 0 amide bonds. The Bertz CT molecular complexity index is 1240. The number of anilines is 1. The predicted molar refractivity (Wildman–Crippen MR) is 131 cm³/mol. The van der Waals surface area contributed by atoms with Crippen LogP contribution in [0.1, 0.15) is 23.6 Å². The minimum absolute atomic E-state index is 0.00502. The molecule has 0 radical (unpaired) electrons. The molecular weight excluding hydrogens is 469 g/mol. The zero-order valence-corrected chi connectivity index (χ0v) is 19.6. The van der Waals surface area contributed by atoms with Crippen molar-refractivity contribution in [2.24, 2.45) is 5.10 Å². The molecule has 0 aliphatic carbocycles. The summed E-state index contributed by atoms with van der Waals surface area (Å²) < 4.78 is 6.63. The van der Waals surface area contributed by atoms with Crippen LogP contribution in [0.15, 0.2) is 71.1 Å². The summed E-state index contributed by atoms with van der Waals surface area (Å²) in [5.41, 5.74) is 4.95. The fourth-order valence-electron chi connectivity index (χ4n) is 3.58. The molecule has 2 aromatic carbocycles. The van der Waals surface area contributed by atoms with Crippen LogP contribution in [0.25, 0.3) is 11.3 Å². The van der Waals surface area contributed by atoms with E-state index in [0.717, 1.165) is 39.0 Å². The van der Waals surface area contributed by atoms with E-state index in [1.807, 2.05) is 41.4 Å². The van der Waals surface area contributed by atoms with Gasteiger partial charge in [0.05, 0.1) is 28.9 Å². The third kappa shape index (κ3) is 4.08. The molecule has 0 bridgehead atoms. The Morgan fingerprint density at radius 1 is 1.06 bits per heavy atom. The van der Waals surface area contributed by atoms with Crippen LogP contribution in [-0.4, -0.2) is 17.8 Å². The van der Waals surface area contributed by atoms with E-state index in [4.69, 9.17) is 38.0 Å². The maximum absolute atomic E-state index is 6.44. The van der Waals surface area contributed by atoms with Crippen molar-refractivity contribution in [3.63, 3.8) is 0 Å². The van der Waals surface area contributed by atoms with E-state index >= 15 is 0 Å². The number of hydrogen-bond donors (Lipinski definition) is 0. The van der Waals surface area contributed by atoms with E-state index in [1.54, 1.807) is 18.4 Å². The fourth-order valence-corrected chi connectivity index (χ4v) is 5.92. The topological polar surface area (TPSA) is 37.7 Å². The highest BCUT2D eigenvalue weighted by atomic mass is 35.5. The van der Waals surface area contributed by atoms with Crippen LogP contribution < -0.4 is 9.75 Å². The molecule has 1 aliphatic rings. The quantitative estimate of drug-likeness (QED) is 0.292. The average molecular weight is 486 g/mol. The second-order valence-electron chi connectivity index (χ2n) is 7.00. The molecule has 0 N–H and O–H groups in total. The van der Waals surface area contributed by atoms with Gasteiger partial charge < -0.3 is 4.74 Å². The number of benzene rings is 2. The molecular formula is C23H17Cl2N3OS2. The van der Waals surface area contributed by atoms with Gasteiger partial charge in [-0.05, 0) is 23.8 Å². The van der Waals surface area contributed by atoms with Crippen LogP contribution in [0.4, 0.5) is 5.13 Å². The number of aromatic nitrogens is 1. The summed E-state index contributed by atoms with van der Waals surface area (Å²) >= 11 is 15.6. The summed E-state index contributed by atoms with van der Waals surface area (Å²) in [6.45, 7) is 0. The zero-order valence-electron chi connectivity index (χ0n) is 16.5. The first-order chi connectivity index (χ1) is 15.1. The first kappa shape index (κ1) is 20.5. The lowest BCUT2D eigenvalue weighted by Crippen LogP contribution is -2.18. The number of thiophene rings is 1. The Hall–Kier alpha value is -2.38. The Labute approximate surface area is 198 Å². The number of ether oxygens (including phenoxy) is 1. The smallest absolute Gasteiger partial charge is 0.207 e. The number of methoxy groups -OCH3 is 1. The van der Waals surface area contributed by atoms with Gasteiger partial charge in [-0.1, -0.05) is 65.7 Å². The summed E-state index contributed by atoms with van der Waals surface area (Å²) in [5.74, 6) is 0.822. The minimum Gasteiger partial charge on any atom is -0.497 e. The second-order valence-corrected chi connectivity index (χ2v) is 10.1. The number of rotatable bonds is 5. The highest BCUT2D eigenvalue weighted by molar-refractivity contribution is 7.20. The van der Waals surface area contributed by atoms with Crippen LogP contribution in [-0.2, 0) is 0 Å². The summed E-state index contributed by atoms with van der Waals surface area (Å²) in [7, 11) is 1.67. The molecule has 0 saturated heterocycles. The van der Waals surface area contributed by atoms with E-state index in [9.17, 15) is 0 Å². The largest absolute Gasteiger partial charge is 0.497 e. The molecule has 2 aromatic heterocycles. The lowest BCUT2D eigenvalue weighted by atomic mass is 10.00. The zero-order chi connectivity index (χ0) is 21.4. The van der Waals surface area contributed by atoms with Gasteiger partial charge >= 0.3 is 0 Å². The van der Waals surface area contributed by atoms with E-state index < -0.39 is 0 Å². The highest BCUT2D eigenvalue weighted by Crippen LogP contribution is 2.42. The third-order valence-corrected chi connectivity index (χ3v) is 7.45. The van der Waals surface area contributed by atoms with Crippen molar-refractivity contribution in [2.75, 3.05) is 12.1 Å². The standard InChI is InChI=1S/C23H17Cl2N3OS2/c1-29-16-9-7-15(8-10-16)20-12-18(17-11-21(24)31-22(17)25)27-28(20)23-26-19(13-30-23)14-5-3-2-4-6-14/h2-11,13,20H,12H2,1H3. The first-order valence-corrected chi connectivity index (χ1v) is 12.0. The summed E-state index contributed by atoms with van der Waals surface area (Å²) in [6.07, 6.45) is 0.708. The Kier molecular flexibility index (Phi) is 5.71. The molecule has 0 spiro atoms. The van der Waals surface area contributed by atoms with Crippen LogP contribution in [0.3, 0.4) is 0 Å². The molecule has 0 saturated carbocycles. The maximum atomic E-state index is 6.44. The SMILES string of the molecule is COc1ccc(C2CC(c3cc(Cl)sc3Cl)=NN2c2nc(-c3ccccc3)cs2)cc1. The third-order valence-electron chi connectivity index (χ3n) is 5.14. The van der Waals surface area contributed by atoms with Gasteiger partial charge in [0, 0.05) is 22.9 Å². The van der Waals surface area contributed by atoms with Gasteiger partial charge in [-0.15, -0.1) is 22.7 Å². The number of hydrogen-bond acceptors (Lipinski definition) is 6. The molecule has 1 unspecified atom stereocenters. The molecule has 4 nitrogen and oxygen atoms in total. The van der Waals surface area contributed by atoms with E-state index in [0.29, 0.717) is 15.1 Å². The van der Waals surface area contributed by atoms with Crippen molar-refractivity contribution >= 4 is 56.7 Å². The Morgan fingerprint density at radius 3 is 2.52 bits per heavy atom. The Morgan fingerprint density at radius 2 is 1.84 bits per heavy atom. The number of nitrogens with zero attached hydrogens (tertiary/aromatic N) is 3. The normalized spacial score (nSPS) is 15.9. The molecule has 4 aromatic rings. The lowest BCUT2D eigenvalue weighted by Gasteiger charge is -2.21. The van der Waals surface area contributed by atoms with Gasteiger partial charge in [-0.2, -0.15) is 5.10 Å². The first-order valence-electron chi connectivity index (χ1n) is 9.59. The summed E-state index contributed by atoms with van der Waals surface area (Å²) in [5, 5.41) is 9.84. The van der Waals surface area contributed by atoms with Crippen molar-refractivity contribution in [1.29, 1.82) is 0 Å². The van der Waals surface area contributed by atoms with Gasteiger partial charge in [0.2, 0.25) is 5.13 Å². The average Bonchev–Trinajstić information content (AvgIpc) is 3.52. The maximum Gasteiger partial charge on any atom is 0.207 e. The van der Waals surface area contributed by atoms with Gasteiger partial charge in [-0.25, -0.2) is 9.99 Å². The number of thiazole rings is 1. The van der Waals surface area contributed by atoms with Crippen LogP contribution >= 0.6 is 45.9 Å². The van der Waals surface area contributed by atoms with E-state index in [-0.39, 0.29) is 6.04 Å². The molecule has 5 rings (SSSR count). The van der Waals surface area contributed by atoms with Gasteiger partial charge in [0.15, 0.2) is 0 Å². The lowest BCUT2D eigenvalue weighted by molar-refractivity contribution is 0.414. The summed E-state index contributed by atoms with van der Waals surface area (Å²) in [6, 6.07) is 20.1. The van der Waals surface area contributed by atoms with Crippen molar-refractivity contribution in [3.8, 4) is 17.0 Å². The number of halogens is 2. The van der Waals surface area contributed by atoms with E-state index in [1.165, 1.54) is 11.3 Å². The van der Waals surface area contributed by atoms with Gasteiger partial charge in [-0.3, -0.25) is 0 Å². The van der Waals surface area contributed by atoms with Crippen LogP contribution in [0, 0.1) is 0 Å². The Balaban J connectivity index is 1.54. The van der Waals surface area contributed by atoms with Crippen LogP contribution in [0.5, 0.6) is 5.75 Å². The molecule has 1 atom stereocenters. The van der Waals surface area contributed by atoms with Crippen molar-refractivity contribution in [3.05, 3.63) is 85.8 Å². The van der Waals surface area contributed by atoms with E-state index in [2.05, 4.69) is 29.6 Å². The molecule has 8 heteroatoms. The van der Waals surface area contributed by atoms with Gasteiger partial charge in [0.1, 0.15) is 10.1 Å². The highest BCUT2D eigenvalue weighted by Gasteiger charge is 2.33. The van der Waals surface area contributed by atoms with Crippen LogP contribution in [0.2, 0.25) is 8.67 Å². The van der Waals surface area contributed by atoms with Crippen molar-refractivity contribution < 1.29 is 4.74 Å². The monoisotopic (exact) mass is 485 g/mol.